The quantitative estimate of drug-likeness (QED) is 0.723. The van der Waals surface area contributed by atoms with Gasteiger partial charge in [-0.25, -0.2) is 0 Å². The highest BCUT2D eigenvalue weighted by Crippen LogP contribution is 2.32. The van der Waals surface area contributed by atoms with Gasteiger partial charge in [-0.2, -0.15) is 0 Å². The lowest BCUT2D eigenvalue weighted by molar-refractivity contribution is -0.126. The normalized spacial score (nSPS) is 16.1. The van der Waals surface area contributed by atoms with Gasteiger partial charge in [-0.05, 0) is 37.0 Å². The van der Waals surface area contributed by atoms with Crippen molar-refractivity contribution in [2.75, 3.05) is 5.32 Å². The lowest BCUT2D eigenvalue weighted by Crippen LogP contribution is -2.34. The van der Waals surface area contributed by atoms with Crippen LogP contribution in [0.15, 0.2) is 24.3 Å². The van der Waals surface area contributed by atoms with Crippen LogP contribution in [0.5, 0.6) is 0 Å². The SMILES string of the molecule is CCCC(=O)Nc1ccc(CNC(=O)CC2(O)CCCC2)cc1. The molecule has 3 N–H and O–H groups in total. The second-order valence-corrected chi connectivity index (χ2v) is 6.38. The van der Waals surface area contributed by atoms with E-state index in [1.807, 2.05) is 31.2 Å². The van der Waals surface area contributed by atoms with Crippen LogP contribution in [0.4, 0.5) is 5.69 Å². The second-order valence-electron chi connectivity index (χ2n) is 6.38. The summed E-state index contributed by atoms with van der Waals surface area (Å²) >= 11 is 0. The van der Waals surface area contributed by atoms with E-state index in [2.05, 4.69) is 10.6 Å². The number of aliphatic hydroxyl groups is 1. The Labute approximate surface area is 137 Å². The van der Waals surface area contributed by atoms with Gasteiger partial charge in [-0.15, -0.1) is 0 Å². The smallest absolute Gasteiger partial charge is 0.224 e. The number of amides is 2. The van der Waals surface area contributed by atoms with E-state index >= 15 is 0 Å². The number of carbonyl (C=O) groups excluding carboxylic acids is 2. The Balaban J connectivity index is 1.77. The number of hydrogen-bond acceptors (Lipinski definition) is 3. The third-order valence-corrected chi connectivity index (χ3v) is 4.23. The Morgan fingerprint density at radius 1 is 1.13 bits per heavy atom. The maximum absolute atomic E-state index is 11.9. The zero-order chi connectivity index (χ0) is 16.7. The molecule has 126 valence electrons. The predicted molar refractivity (Wildman–Crippen MR) is 89.9 cm³/mol. The molecule has 0 saturated heterocycles. The Kier molecular flexibility index (Phi) is 6.16. The van der Waals surface area contributed by atoms with Crippen LogP contribution >= 0.6 is 0 Å². The Morgan fingerprint density at radius 3 is 2.39 bits per heavy atom. The molecule has 1 aromatic rings. The Morgan fingerprint density at radius 2 is 1.78 bits per heavy atom. The minimum Gasteiger partial charge on any atom is -0.389 e. The van der Waals surface area contributed by atoms with Crippen molar-refractivity contribution in [2.45, 2.75) is 64.0 Å². The van der Waals surface area contributed by atoms with Gasteiger partial charge in [0.25, 0.3) is 0 Å². The molecule has 2 rings (SSSR count). The molecule has 1 fully saturated rings. The molecule has 1 aliphatic carbocycles. The van der Waals surface area contributed by atoms with E-state index in [0.717, 1.165) is 30.5 Å². The molecule has 0 unspecified atom stereocenters. The van der Waals surface area contributed by atoms with Gasteiger partial charge in [0.2, 0.25) is 11.8 Å². The number of benzene rings is 1. The van der Waals surface area contributed by atoms with Crippen molar-refractivity contribution >= 4 is 17.5 Å². The first-order chi connectivity index (χ1) is 11.0. The van der Waals surface area contributed by atoms with E-state index in [4.69, 9.17) is 0 Å². The summed E-state index contributed by atoms with van der Waals surface area (Å²) in [7, 11) is 0. The molecular weight excluding hydrogens is 292 g/mol. The maximum Gasteiger partial charge on any atom is 0.224 e. The minimum absolute atomic E-state index is 0.0124. The molecule has 0 aromatic heterocycles. The monoisotopic (exact) mass is 318 g/mol. The number of anilines is 1. The van der Waals surface area contributed by atoms with Crippen LogP contribution in [-0.2, 0) is 16.1 Å². The average Bonchev–Trinajstić information content (AvgIpc) is 2.93. The van der Waals surface area contributed by atoms with Gasteiger partial charge >= 0.3 is 0 Å². The van der Waals surface area contributed by atoms with Crippen LogP contribution in [0, 0.1) is 0 Å². The number of rotatable bonds is 7. The highest BCUT2D eigenvalue weighted by Gasteiger charge is 2.33. The summed E-state index contributed by atoms with van der Waals surface area (Å²) < 4.78 is 0. The lowest BCUT2D eigenvalue weighted by atomic mass is 9.97. The Hall–Kier alpha value is -1.88. The molecule has 2 amide bonds. The summed E-state index contributed by atoms with van der Waals surface area (Å²) in [5.74, 6) is -0.104. The fraction of sp³-hybridized carbons (Fsp3) is 0.556. The highest BCUT2D eigenvalue weighted by molar-refractivity contribution is 5.90. The molecule has 0 spiro atoms. The first kappa shape index (κ1) is 17.5. The summed E-state index contributed by atoms with van der Waals surface area (Å²) in [6, 6.07) is 7.43. The summed E-state index contributed by atoms with van der Waals surface area (Å²) in [6.07, 6.45) is 4.93. The topological polar surface area (TPSA) is 78.4 Å². The highest BCUT2D eigenvalue weighted by atomic mass is 16.3. The second kappa shape index (κ2) is 8.11. The first-order valence-corrected chi connectivity index (χ1v) is 8.39. The zero-order valence-corrected chi connectivity index (χ0v) is 13.7. The zero-order valence-electron chi connectivity index (χ0n) is 13.7. The van der Waals surface area contributed by atoms with Crippen molar-refractivity contribution in [3.05, 3.63) is 29.8 Å². The van der Waals surface area contributed by atoms with Gasteiger partial charge in [0, 0.05) is 18.7 Å². The molecule has 1 saturated carbocycles. The number of nitrogens with one attached hydrogen (secondary N) is 2. The van der Waals surface area contributed by atoms with E-state index in [-0.39, 0.29) is 18.2 Å². The summed E-state index contributed by atoms with van der Waals surface area (Å²) in [5.41, 5.74) is 0.918. The standard InChI is InChI=1S/C18H26N2O3/c1-2-5-16(21)20-15-8-6-14(7-9-15)13-19-17(22)12-18(23)10-3-4-11-18/h6-9,23H,2-5,10-13H2,1H3,(H,19,22)(H,20,21). The summed E-state index contributed by atoms with van der Waals surface area (Å²) in [5, 5.41) is 15.9. The van der Waals surface area contributed by atoms with Crippen molar-refractivity contribution in [1.29, 1.82) is 0 Å². The third kappa shape index (κ3) is 5.67. The van der Waals surface area contributed by atoms with Gasteiger partial charge in [-0.1, -0.05) is 31.9 Å². The summed E-state index contributed by atoms with van der Waals surface area (Å²) in [6.45, 7) is 2.39. The van der Waals surface area contributed by atoms with Crippen LogP contribution in [0.2, 0.25) is 0 Å². The van der Waals surface area contributed by atoms with Crippen molar-refractivity contribution < 1.29 is 14.7 Å². The molecule has 5 heteroatoms. The van der Waals surface area contributed by atoms with E-state index in [1.165, 1.54) is 0 Å². The fourth-order valence-corrected chi connectivity index (χ4v) is 2.93. The van der Waals surface area contributed by atoms with Crippen LogP contribution in [0.1, 0.15) is 57.4 Å². The van der Waals surface area contributed by atoms with Crippen LogP contribution in [0.3, 0.4) is 0 Å². The molecule has 5 nitrogen and oxygen atoms in total. The number of hydrogen-bond donors (Lipinski definition) is 3. The van der Waals surface area contributed by atoms with Crippen molar-refractivity contribution in [3.63, 3.8) is 0 Å². The summed E-state index contributed by atoms with van der Waals surface area (Å²) in [4.78, 5) is 23.4. The molecule has 0 atom stereocenters. The Bertz CT molecular complexity index is 534. The third-order valence-electron chi connectivity index (χ3n) is 4.23. The maximum atomic E-state index is 11.9. The molecule has 23 heavy (non-hydrogen) atoms. The van der Waals surface area contributed by atoms with Crippen LogP contribution in [-0.4, -0.2) is 22.5 Å². The molecule has 1 aromatic carbocycles. The van der Waals surface area contributed by atoms with Gasteiger partial charge in [0.1, 0.15) is 0 Å². The van der Waals surface area contributed by atoms with Crippen LogP contribution < -0.4 is 10.6 Å². The largest absolute Gasteiger partial charge is 0.389 e. The van der Waals surface area contributed by atoms with Gasteiger partial charge in [0.15, 0.2) is 0 Å². The van der Waals surface area contributed by atoms with Gasteiger partial charge in [0.05, 0.1) is 12.0 Å². The molecule has 0 bridgehead atoms. The van der Waals surface area contributed by atoms with Gasteiger partial charge < -0.3 is 15.7 Å². The van der Waals surface area contributed by atoms with E-state index in [0.29, 0.717) is 25.8 Å². The fourth-order valence-electron chi connectivity index (χ4n) is 2.93. The molecule has 1 aliphatic rings. The minimum atomic E-state index is -0.808. The number of carbonyl (C=O) groups is 2. The van der Waals surface area contributed by atoms with Crippen molar-refractivity contribution in [1.82, 2.24) is 5.32 Å². The van der Waals surface area contributed by atoms with E-state index in [9.17, 15) is 14.7 Å². The average molecular weight is 318 g/mol. The van der Waals surface area contributed by atoms with E-state index in [1.54, 1.807) is 0 Å². The van der Waals surface area contributed by atoms with Crippen LogP contribution in [0.25, 0.3) is 0 Å². The van der Waals surface area contributed by atoms with Crippen molar-refractivity contribution in [3.8, 4) is 0 Å². The molecule has 0 radical (unpaired) electrons. The first-order valence-electron chi connectivity index (χ1n) is 8.39. The predicted octanol–water partition coefficient (Wildman–Crippen LogP) is 2.74. The lowest BCUT2D eigenvalue weighted by Gasteiger charge is -2.21. The molecular formula is C18H26N2O3. The molecule has 0 aliphatic heterocycles. The molecule has 0 heterocycles. The van der Waals surface area contributed by atoms with E-state index < -0.39 is 5.60 Å². The van der Waals surface area contributed by atoms with Gasteiger partial charge in [-0.3, -0.25) is 9.59 Å². The van der Waals surface area contributed by atoms with Crippen molar-refractivity contribution in [2.24, 2.45) is 0 Å².